The van der Waals surface area contributed by atoms with Gasteiger partial charge in [0.1, 0.15) is 5.75 Å². The van der Waals surface area contributed by atoms with Gasteiger partial charge in [-0.3, -0.25) is 0 Å². The molecule has 1 N–H and O–H groups in total. The topological polar surface area (TPSA) is 37.9 Å². The molecule has 3 rings (SSSR count). The van der Waals surface area contributed by atoms with E-state index in [9.17, 15) is 0 Å². The van der Waals surface area contributed by atoms with Crippen LogP contribution in [0.4, 0.5) is 0 Å². The maximum atomic E-state index is 5.77. The lowest BCUT2D eigenvalue weighted by Gasteiger charge is -2.07. The van der Waals surface area contributed by atoms with Crippen LogP contribution in [0.2, 0.25) is 0 Å². The number of hydrogen-bond donors (Lipinski definition) is 1. The van der Waals surface area contributed by atoms with Gasteiger partial charge in [0.25, 0.3) is 0 Å². The lowest BCUT2D eigenvalue weighted by atomic mass is 10.2. The highest BCUT2D eigenvalue weighted by molar-refractivity contribution is 7.98. The van der Waals surface area contributed by atoms with Crippen molar-refractivity contribution in [3.8, 4) is 5.75 Å². The Morgan fingerprint density at radius 1 is 1.00 bits per heavy atom. The molecule has 24 heavy (non-hydrogen) atoms. The van der Waals surface area contributed by atoms with Crippen molar-refractivity contribution in [1.29, 1.82) is 0 Å². The highest BCUT2D eigenvalue weighted by Crippen LogP contribution is 2.24. The van der Waals surface area contributed by atoms with Gasteiger partial charge in [-0.2, -0.15) is 0 Å². The summed E-state index contributed by atoms with van der Waals surface area (Å²) in [6.45, 7) is 0.712. The van der Waals surface area contributed by atoms with Crippen molar-refractivity contribution < 1.29 is 4.74 Å². The number of aromatic nitrogens is 2. The molecule has 3 aromatic rings. The van der Waals surface area contributed by atoms with E-state index in [1.165, 1.54) is 10.5 Å². The minimum Gasteiger partial charge on any atom is -0.494 e. The van der Waals surface area contributed by atoms with E-state index in [0.717, 1.165) is 30.0 Å². The summed E-state index contributed by atoms with van der Waals surface area (Å²) >= 11 is 1.84. The molecule has 0 saturated heterocycles. The number of rotatable bonds is 8. The minimum absolute atomic E-state index is 0. The number of hydrogen-bond acceptors (Lipinski definition) is 3. The Bertz CT molecular complexity index is 687. The van der Waals surface area contributed by atoms with Crippen LogP contribution >= 0.6 is 24.2 Å². The minimum atomic E-state index is 0. The molecule has 0 bridgehead atoms. The number of aryl methyl sites for hydroxylation is 1. The molecule has 5 heteroatoms. The molecule has 0 radical (unpaired) electrons. The second-order valence-corrected chi connectivity index (χ2v) is 6.31. The van der Waals surface area contributed by atoms with Gasteiger partial charge in [-0.1, -0.05) is 30.3 Å². The molecule has 1 heterocycles. The predicted octanol–water partition coefficient (Wildman–Crippen LogP) is 5.14. The van der Waals surface area contributed by atoms with Crippen molar-refractivity contribution in [2.75, 3.05) is 6.61 Å². The first-order valence-corrected chi connectivity index (χ1v) is 8.76. The number of imidazole rings is 1. The van der Waals surface area contributed by atoms with Gasteiger partial charge in [0.05, 0.1) is 18.6 Å². The van der Waals surface area contributed by atoms with E-state index < -0.39 is 0 Å². The number of H-pyrrole nitrogens is 1. The average Bonchev–Trinajstić information content (AvgIpc) is 3.12. The molecule has 126 valence electrons. The third kappa shape index (κ3) is 5.95. The average molecular weight is 361 g/mol. The summed E-state index contributed by atoms with van der Waals surface area (Å²) in [6.07, 6.45) is 5.55. The van der Waals surface area contributed by atoms with E-state index in [0.29, 0.717) is 6.61 Å². The van der Waals surface area contributed by atoms with Gasteiger partial charge in [0, 0.05) is 16.8 Å². The number of benzene rings is 2. The van der Waals surface area contributed by atoms with Crippen LogP contribution in [0.3, 0.4) is 0 Å². The van der Waals surface area contributed by atoms with Crippen LogP contribution in [0, 0.1) is 0 Å². The molecule has 2 aromatic carbocycles. The van der Waals surface area contributed by atoms with Crippen LogP contribution in [0.1, 0.15) is 17.7 Å². The van der Waals surface area contributed by atoms with E-state index in [1.807, 2.05) is 36.2 Å². The van der Waals surface area contributed by atoms with E-state index in [2.05, 4.69) is 46.4 Å². The van der Waals surface area contributed by atoms with Crippen molar-refractivity contribution in [3.63, 3.8) is 0 Å². The smallest absolute Gasteiger partial charge is 0.119 e. The van der Waals surface area contributed by atoms with E-state index >= 15 is 0 Å². The van der Waals surface area contributed by atoms with Gasteiger partial charge in [-0.05, 0) is 42.7 Å². The zero-order chi connectivity index (χ0) is 15.7. The normalized spacial score (nSPS) is 10.2. The molecule has 0 atom stereocenters. The first-order chi connectivity index (χ1) is 11.4. The molecule has 0 spiro atoms. The second kappa shape index (κ2) is 10.1. The summed E-state index contributed by atoms with van der Waals surface area (Å²) in [5.41, 5.74) is 2.43. The summed E-state index contributed by atoms with van der Waals surface area (Å²) in [4.78, 5) is 8.43. The number of nitrogens with one attached hydrogen (secondary N) is 1. The molecule has 0 aliphatic rings. The largest absolute Gasteiger partial charge is 0.494 e. The van der Waals surface area contributed by atoms with Crippen molar-refractivity contribution >= 4 is 24.2 Å². The molecule has 0 fully saturated rings. The fourth-order valence-electron chi connectivity index (χ4n) is 2.24. The van der Waals surface area contributed by atoms with E-state index in [1.54, 1.807) is 6.33 Å². The van der Waals surface area contributed by atoms with Gasteiger partial charge in [0.2, 0.25) is 0 Å². The molecule has 0 aliphatic heterocycles. The summed E-state index contributed by atoms with van der Waals surface area (Å²) in [7, 11) is 0. The second-order valence-electron chi connectivity index (χ2n) is 5.26. The molecule has 1 aromatic heterocycles. The highest BCUT2D eigenvalue weighted by Gasteiger charge is 1.99. The van der Waals surface area contributed by atoms with Crippen molar-refractivity contribution in [2.45, 2.75) is 23.5 Å². The van der Waals surface area contributed by atoms with Crippen LogP contribution < -0.4 is 4.74 Å². The summed E-state index contributed by atoms with van der Waals surface area (Å²) in [5.74, 6) is 1.92. The first kappa shape index (κ1) is 18.4. The van der Waals surface area contributed by atoms with Crippen molar-refractivity contribution in [3.05, 3.63) is 78.4 Å². The van der Waals surface area contributed by atoms with Gasteiger partial charge >= 0.3 is 0 Å². The number of halogens is 1. The van der Waals surface area contributed by atoms with Crippen LogP contribution in [-0.4, -0.2) is 16.6 Å². The first-order valence-electron chi connectivity index (χ1n) is 7.77. The Kier molecular flexibility index (Phi) is 7.72. The van der Waals surface area contributed by atoms with E-state index in [-0.39, 0.29) is 12.4 Å². The number of thioether (sulfide) groups is 1. The Labute approximate surface area is 153 Å². The molecular formula is C19H21ClN2OS. The molecule has 0 saturated carbocycles. The van der Waals surface area contributed by atoms with Crippen LogP contribution in [0.5, 0.6) is 5.75 Å². The Morgan fingerprint density at radius 3 is 2.50 bits per heavy atom. The van der Waals surface area contributed by atoms with Crippen LogP contribution in [0.25, 0.3) is 0 Å². The lowest BCUT2D eigenvalue weighted by Crippen LogP contribution is -1.99. The highest BCUT2D eigenvalue weighted by atomic mass is 35.5. The molecular weight excluding hydrogens is 340 g/mol. The molecule has 0 amide bonds. The van der Waals surface area contributed by atoms with Crippen molar-refractivity contribution in [2.24, 2.45) is 0 Å². The summed E-state index contributed by atoms with van der Waals surface area (Å²) in [5, 5.41) is 0. The quantitative estimate of drug-likeness (QED) is 0.446. The number of ether oxygens (including phenoxy) is 1. The molecule has 3 nitrogen and oxygen atoms in total. The third-order valence-electron chi connectivity index (χ3n) is 3.47. The summed E-state index contributed by atoms with van der Waals surface area (Å²) in [6, 6.07) is 18.8. The molecule has 0 unspecified atom stereocenters. The van der Waals surface area contributed by atoms with Gasteiger partial charge in [0.15, 0.2) is 0 Å². The maximum absolute atomic E-state index is 5.77. The number of aromatic amines is 1. The van der Waals surface area contributed by atoms with Gasteiger partial charge in [-0.15, -0.1) is 24.2 Å². The predicted molar refractivity (Wildman–Crippen MR) is 102 cm³/mol. The maximum Gasteiger partial charge on any atom is 0.119 e. The summed E-state index contributed by atoms with van der Waals surface area (Å²) < 4.78 is 5.77. The SMILES string of the molecule is Cl.c1ccc(CSc2ccc(OCCCc3c[nH]cn3)cc2)cc1. The van der Waals surface area contributed by atoms with Gasteiger partial charge < -0.3 is 9.72 Å². The standard InChI is InChI=1S/C19H20N2OS.ClH/c1-2-5-16(6-3-1)14-23-19-10-8-18(9-11-19)22-12-4-7-17-13-20-15-21-17;/h1-3,5-6,8-11,13,15H,4,7,12,14H2,(H,20,21);1H. The third-order valence-corrected chi connectivity index (χ3v) is 4.56. The lowest BCUT2D eigenvalue weighted by molar-refractivity contribution is 0.310. The fourth-order valence-corrected chi connectivity index (χ4v) is 3.10. The number of nitrogens with zero attached hydrogens (tertiary/aromatic N) is 1. The molecule has 0 aliphatic carbocycles. The Hall–Kier alpha value is -1.91. The zero-order valence-corrected chi connectivity index (χ0v) is 15.0. The monoisotopic (exact) mass is 360 g/mol. The van der Waals surface area contributed by atoms with Crippen LogP contribution in [0.15, 0.2) is 72.0 Å². The Morgan fingerprint density at radius 2 is 1.79 bits per heavy atom. The van der Waals surface area contributed by atoms with Gasteiger partial charge in [-0.25, -0.2) is 4.98 Å². The Balaban J connectivity index is 0.00000208. The fraction of sp³-hybridized carbons (Fsp3) is 0.211. The zero-order valence-electron chi connectivity index (χ0n) is 13.4. The van der Waals surface area contributed by atoms with Crippen LogP contribution in [-0.2, 0) is 12.2 Å². The van der Waals surface area contributed by atoms with E-state index in [4.69, 9.17) is 4.74 Å². The van der Waals surface area contributed by atoms with Crippen molar-refractivity contribution in [1.82, 2.24) is 9.97 Å².